The minimum Gasteiger partial charge on any atom is -0.483 e. The second kappa shape index (κ2) is 10.2. The predicted octanol–water partition coefficient (Wildman–Crippen LogP) is 4.98. The van der Waals surface area contributed by atoms with Crippen molar-refractivity contribution in [2.45, 2.75) is 66.6 Å². The minimum atomic E-state index is -0.661. The van der Waals surface area contributed by atoms with Gasteiger partial charge < -0.3 is 15.0 Å². The van der Waals surface area contributed by atoms with Gasteiger partial charge in [-0.25, -0.2) is 0 Å². The summed E-state index contributed by atoms with van der Waals surface area (Å²) in [6, 6.07) is 10.6. The van der Waals surface area contributed by atoms with Crippen molar-refractivity contribution in [1.29, 1.82) is 0 Å². The van der Waals surface area contributed by atoms with E-state index in [1.54, 1.807) is 24.0 Å². The van der Waals surface area contributed by atoms with Crippen LogP contribution in [0.15, 0.2) is 36.4 Å². The van der Waals surface area contributed by atoms with E-state index in [9.17, 15) is 9.59 Å². The van der Waals surface area contributed by atoms with Gasteiger partial charge in [0, 0.05) is 17.1 Å². The Balaban J connectivity index is 2.22. The van der Waals surface area contributed by atoms with Gasteiger partial charge in [0.05, 0.1) is 0 Å². The van der Waals surface area contributed by atoms with E-state index in [2.05, 4.69) is 11.4 Å². The fourth-order valence-corrected chi connectivity index (χ4v) is 3.34. The zero-order chi connectivity index (χ0) is 23.3. The molecule has 0 spiro atoms. The molecule has 1 N–H and O–H groups in total. The predicted molar refractivity (Wildman–Crippen MR) is 126 cm³/mol. The normalized spacial score (nSPS) is 12.3. The molecule has 0 saturated heterocycles. The van der Waals surface area contributed by atoms with E-state index in [0.29, 0.717) is 10.8 Å². The first-order valence-corrected chi connectivity index (χ1v) is 10.8. The first-order chi connectivity index (χ1) is 14.4. The molecular formula is C25H33ClN2O3. The third-order valence-electron chi connectivity index (χ3n) is 5.05. The van der Waals surface area contributed by atoms with Gasteiger partial charge >= 0.3 is 0 Å². The molecule has 2 rings (SSSR count). The molecule has 0 fully saturated rings. The van der Waals surface area contributed by atoms with Crippen LogP contribution in [0, 0.1) is 20.8 Å². The van der Waals surface area contributed by atoms with E-state index in [1.807, 2.05) is 59.7 Å². The summed E-state index contributed by atoms with van der Waals surface area (Å²) in [6.45, 7) is 13.6. The number of amides is 2. The van der Waals surface area contributed by atoms with Gasteiger partial charge in [0.25, 0.3) is 5.91 Å². The molecule has 2 aromatic carbocycles. The van der Waals surface area contributed by atoms with Crippen molar-refractivity contribution in [2.24, 2.45) is 0 Å². The Labute approximate surface area is 190 Å². The molecule has 0 unspecified atom stereocenters. The van der Waals surface area contributed by atoms with Crippen molar-refractivity contribution in [3.8, 4) is 5.75 Å². The van der Waals surface area contributed by atoms with E-state index >= 15 is 0 Å². The summed E-state index contributed by atoms with van der Waals surface area (Å²) < 4.78 is 5.88. The Morgan fingerprint density at radius 2 is 1.71 bits per heavy atom. The zero-order valence-electron chi connectivity index (χ0n) is 19.5. The van der Waals surface area contributed by atoms with Crippen LogP contribution in [0.1, 0.15) is 49.9 Å². The van der Waals surface area contributed by atoms with Crippen LogP contribution < -0.4 is 10.1 Å². The number of rotatable bonds is 7. The molecule has 2 aromatic rings. The van der Waals surface area contributed by atoms with Crippen LogP contribution in [0.3, 0.4) is 0 Å². The molecule has 0 aliphatic heterocycles. The maximum atomic E-state index is 13.2. The smallest absolute Gasteiger partial charge is 0.261 e. The molecule has 2 amide bonds. The van der Waals surface area contributed by atoms with E-state index < -0.39 is 11.6 Å². The summed E-state index contributed by atoms with van der Waals surface area (Å²) in [5.41, 5.74) is 3.67. The fraction of sp³-hybridized carbons (Fsp3) is 0.440. The van der Waals surface area contributed by atoms with Crippen LogP contribution in [-0.4, -0.2) is 34.9 Å². The summed E-state index contributed by atoms with van der Waals surface area (Å²) in [5, 5.41) is 3.57. The number of nitrogens with zero attached hydrogens (tertiary/aromatic N) is 1. The number of hydrogen-bond donors (Lipinski definition) is 1. The highest BCUT2D eigenvalue weighted by molar-refractivity contribution is 6.30. The summed E-state index contributed by atoms with van der Waals surface area (Å²) in [5.74, 6) is 0.214. The summed E-state index contributed by atoms with van der Waals surface area (Å²) in [6.07, 6.45) is 0. The maximum absolute atomic E-state index is 13.2. The topological polar surface area (TPSA) is 58.6 Å². The molecule has 0 aliphatic rings. The lowest BCUT2D eigenvalue weighted by Crippen LogP contribution is -2.53. The van der Waals surface area contributed by atoms with Crippen molar-refractivity contribution in [3.63, 3.8) is 0 Å². The van der Waals surface area contributed by atoms with Gasteiger partial charge in [-0.1, -0.05) is 29.8 Å². The van der Waals surface area contributed by atoms with Gasteiger partial charge in [-0.3, -0.25) is 9.59 Å². The molecule has 0 bridgehead atoms. The molecule has 0 heterocycles. The molecule has 168 valence electrons. The Bertz CT molecular complexity index is 933. The van der Waals surface area contributed by atoms with E-state index in [-0.39, 0.29) is 25.0 Å². The number of benzene rings is 2. The zero-order valence-corrected chi connectivity index (χ0v) is 20.3. The summed E-state index contributed by atoms with van der Waals surface area (Å²) in [7, 11) is 0. The number of ether oxygens (including phenoxy) is 1. The monoisotopic (exact) mass is 444 g/mol. The SMILES string of the molecule is Cc1cc(C)c(C)c(OCC(=O)N(Cc2ccc(Cl)cc2)[C@H](C)C(=O)NC(C)(C)C)c1. The first kappa shape index (κ1) is 24.7. The first-order valence-electron chi connectivity index (χ1n) is 10.4. The van der Waals surface area contributed by atoms with Crippen molar-refractivity contribution in [3.05, 3.63) is 63.7 Å². The summed E-state index contributed by atoms with van der Waals surface area (Å²) >= 11 is 5.99. The van der Waals surface area contributed by atoms with Crippen molar-refractivity contribution < 1.29 is 14.3 Å². The third kappa shape index (κ3) is 7.28. The van der Waals surface area contributed by atoms with Crippen molar-refractivity contribution in [1.82, 2.24) is 10.2 Å². The summed E-state index contributed by atoms with van der Waals surface area (Å²) in [4.78, 5) is 27.5. The second-order valence-electron chi connectivity index (χ2n) is 9.06. The van der Waals surface area contributed by atoms with Crippen LogP contribution >= 0.6 is 11.6 Å². The van der Waals surface area contributed by atoms with Crippen LogP contribution in [0.4, 0.5) is 0 Å². The molecule has 0 radical (unpaired) electrons. The number of carbonyl (C=O) groups is 2. The van der Waals surface area contributed by atoms with Gasteiger partial charge in [-0.15, -0.1) is 0 Å². The van der Waals surface area contributed by atoms with Crippen molar-refractivity contribution in [2.75, 3.05) is 6.61 Å². The van der Waals surface area contributed by atoms with Crippen LogP contribution in [-0.2, 0) is 16.1 Å². The Morgan fingerprint density at radius 3 is 2.29 bits per heavy atom. The molecule has 6 heteroatoms. The van der Waals surface area contributed by atoms with Crippen LogP contribution in [0.2, 0.25) is 5.02 Å². The average Bonchev–Trinajstić information content (AvgIpc) is 2.67. The van der Waals surface area contributed by atoms with Gasteiger partial charge in [-0.05, 0) is 88.9 Å². The molecule has 0 aliphatic carbocycles. The van der Waals surface area contributed by atoms with Crippen LogP contribution in [0.25, 0.3) is 0 Å². The molecule has 1 atom stereocenters. The lowest BCUT2D eigenvalue weighted by Gasteiger charge is -2.31. The Kier molecular flexibility index (Phi) is 8.13. The van der Waals surface area contributed by atoms with Gasteiger partial charge in [0.15, 0.2) is 6.61 Å². The standard InChI is InChI=1S/C25H33ClN2O3/c1-16-12-17(2)18(3)22(13-16)31-15-23(29)28(14-20-8-10-21(26)11-9-20)19(4)24(30)27-25(5,6)7/h8-13,19H,14-15H2,1-7H3,(H,27,30)/t19-/m1/s1. The molecule has 5 nitrogen and oxygen atoms in total. The highest BCUT2D eigenvalue weighted by atomic mass is 35.5. The van der Waals surface area contributed by atoms with Gasteiger partial charge in [0.2, 0.25) is 5.91 Å². The molecule has 31 heavy (non-hydrogen) atoms. The van der Waals surface area contributed by atoms with Crippen LogP contribution in [0.5, 0.6) is 5.75 Å². The molecule has 0 saturated carbocycles. The minimum absolute atomic E-state index is 0.148. The van der Waals surface area contributed by atoms with Crippen molar-refractivity contribution >= 4 is 23.4 Å². The van der Waals surface area contributed by atoms with E-state index in [0.717, 1.165) is 22.3 Å². The lowest BCUT2D eigenvalue weighted by atomic mass is 10.1. The average molecular weight is 445 g/mol. The number of halogens is 1. The fourth-order valence-electron chi connectivity index (χ4n) is 3.22. The number of nitrogens with one attached hydrogen (secondary N) is 1. The number of carbonyl (C=O) groups excluding carboxylic acids is 2. The van der Waals surface area contributed by atoms with Gasteiger partial charge in [0.1, 0.15) is 11.8 Å². The molecule has 0 aromatic heterocycles. The van der Waals surface area contributed by atoms with Gasteiger partial charge in [-0.2, -0.15) is 0 Å². The second-order valence-corrected chi connectivity index (χ2v) is 9.49. The largest absolute Gasteiger partial charge is 0.483 e. The Morgan fingerprint density at radius 1 is 1.10 bits per heavy atom. The quantitative estimate of drug-likeness (QED) is 0.655. The number of hydrogen-bond acceptors (Lipinski definition) is 3. The highest BCUT2D eigenvalue weighted by Crippen LogP contribution is 2.23. The van der Waals surface area contributed by atoms with E-state index in [4.69, 9.17) is 16.3 Å². The molecular weight excluding hydrogens is 412 g/mol. The third-order valence-corrected chi connectivity index (χ3v) is 5.30. The lowest BCUT2D eigenvalue weighted by molar-refractivity contribution is -0.142. The van der Waals surface area contributed by atoms with E-state index in [1.165, 1.54) is 0 Å². The highest BCUT2D eigenvalue weighted by Gasteiger charge is 2.28. The number of aryl methyl sites for hydroxylation is 2. The Hall–Kier alpha value is -2.53. The maximum Gasteiger partial charge on any atom is 0.261 e.